The van der Waals surface area contributed by atoms with Crippen molar-refractivity contribution in [2.45, 2.75) is 0 Å². The molecular formula is MgMnO8S2. The van der Waals surface area contributed by atoms with Gasteiger partial charge in [0.05, 0.1) is 0 Å². The molecule has 0 bridgehead atoms. The Morgan fingerprint density at radius 1 is 0.667 bits per heavy atom. The molecule has 12 heavy (non-hydrogen) atoms. The van der Waals surface area contributed by atoms with Crippen molar-refractivity contribution in [1.29, 1.82) is 0 Å². The Kier molecular flexibility index (Phi) is 16.6. The molecule has 0 heterocycles. The van der Waals surface area contributed by atoms with Gasteiger partial charge >= 0.3 is 40.1 Å². The molecule has 0 aliphatic rings. The van der Waals surface area contributed by atoms with Crippen LogP contribution in [0.15, 0.2) is 0 Å². The first-order valence-electron chi connectivity index (χ1n) is 1.33. The van der Waals surface area contributed by atoms with Crippen molar-refractivity contribution >= 4 is 43.9 Å². The Balaban J connectivity index is -0.0000000457. The Labute approximate surface area is 95.5 Å². The molecule has 1 radical (unpaired) electrons. The molecule has 0 saturated heterocycles. The second-order valence-electron chi connectivity index (χ2n) is 0.816. The minimum absolute atomic E-state index is 0. The van der Waals surface area contributed by atoms with Crippen LogP contribution in [0.5, 0.6) is 0 Å². The molecule has 0 spiro atoms. The molecule has 0 N–H and O–H groups in total. The summed E-state index contributed by atoms with van der Waals surface area (Å²) in [5, 5.41) is 0. The van der Waals surface area contributed by atoms with Crippen LogP contribution in [0.3, 0.4) is 0 Å². The number of hydrogen-bond acceptors (Lipinski definition) is 8. The van der Waals surface area contributed by atoms with Crippen LogP contribution in [0.2, 0.25) is 0 Å². The molecule has 0 unspecified atom stereocenters. The van der Waals surface area contributed by atoms with Gasteiger partial charge in [-0.3, -0.25) is 16.8 Å². The van der Waals surface area contributed by atoms with Gasteiger partial charge in [-0.05, 0) is 0 Å². The molecule has 0 atom stereocenters. The van der Waals surface area contributed by atoms with E-state index in [1.165, 1.54) is 0 Å². The number of rotatable bonds is 0. The van der Waals surface area contributed by atoms with Gasteiger partial charge in [-0.15, -0.1) is 0 Å². The Morgan fingerprint density at radius 2 is 0.667 bits per heavy atom. The van der Waals surface area contributed by atoms with Crippen molar-refractivity contribution in [3.63, 3.8) is 0 Å². The minimum atomic E-state index is -5.17. The van der Waals surface area contributed by atoms with Gasteiger partial charge in [-0.25, -0.2) is 0 Å². The maximum Gasteiger partial charge on any atom is 2.00 e. The summed E-state index contributed by atoms with van der Waals surface area (Å²) in [5.74, 6) is 0. The van der Waals surface area contributed by atoms with Crippen LogP contribution in [0.25, 0.3) is 0 Å². The molecule has 69 valence electrons. The van der Waals surface area contributed by atoms with E-state index in [0.29, 0.717) is 0 Å². The summed E-state index contributed by atoms with van der Waals surface area (Å²) in [6, 6.07) is 0. The zero-order valence-corrected chi connectivity index (χ0v) is 9.40. The molecule has 0 aromatic heterocycles. The predicted octanol–water partition coefficient (Wildman–Crippen LogP) is -3.06. The Morgan fingerprint density at radius 3 is 0.667 bits per heavy atom. The zero-order valence-electron chi connectivity index (χ0n) is 5.17. The third-order valence-electron chi connectivity index (χ3n) is 0. The average molecular weight is 271 g/mol. The third kappa shape index (κ3) is 1050. The van der Waals surface area contributed by atoms with Crippen molar-refractivity contribution in [1.82, 2.24) is 0 Å². The van der Waals surface area contributed by atoms with E-state index in [-0.39, 0.29) is 40.1 Å². The molecular weight excluding hydrogens is 271 g/mol. The molecule has 0 saturated carbocycles. The van der Waals surface area contributed by atoms with Crippen molar-refractivity contribution < 1.29 is 52.1 Å². The molecule has 0 amide bonds. The molecule has 0 aromatic rings. The SMILES string of the molecule is O=S(=O)([O-])[O-].O=S(=O)([O-])[O-].[Mg+2].[Mn+2]. The van der Waals surface area contributed by atoms with Crippen LogP contribution < -0.4 is 0 Å². The van der Waals surface area contributed by atoms with Gasteiger partial charge in [0.1, 0.15) is 0 Å². The van der Waals surface area contributed by atoms with E-state index in [2.05, 4.69) is 0 Å². The first kappa shape index (κ1) is 23.1. The second-order valence-corrected chi connectivity index (χ2v) is 2.45. The fourth-order valence-electron chi connectivity index (χ4n) is 0. The van der Waals surface area contributed by atoms with E-state index in [0.717, 1.165) is 0 Å². The van der Waals surface area contributed by atoms with E-state index in [9.17, 15) is 0 Å². The summed E-state index contributed by atoms with van der Waals surface area (Å²) in [5.41, 5.74) is 0. The standard InChI is InChI=1S/Mg.Mn.2H2O4S/c;;2*1-5(2,3)4/h;;2*(H2,1,2,3,4)/q2*+2;;/p-4. The van der Waals surface area contributed by atoms with Crippen LogP contribution in [0.4, 0.5) is 0 Å². The molecule has 0 aliphatic heterocycles. The summed E-state index contributed by atoms with van der Waals surface area (Å²) >= 11 is 0. The summed E-state index contributed by atoms with van der Waals surface area (Å²) in [7, 11) is -10.3. The van der Waals surface area contributed by atoms with Gasteiger partial charge in [0.25, 0.3) is 0 Å². The van der Waals surface area contributed by atoms with Gasteiger partial charge < -0.3 is 18.2 Å². The second kappa shape index (κ2) is 8.62. The smallest absolute Gasteiger partial charge is 0.759 e. The fraction of sp³-hybridized carbons (Fsp3) is 0. The molecule has 0 rings (SSSR count). The van der Waals surface area contributed by atoms with Gasteiger partial charge in [-0.2, -0.15) is 0 Å². The predicted molar refractivity (Wildman–Crippen MR) is 26.7 cm³/mol. The van der Waals surface area contributed by atoms with E-state index < -0.39 is 20.8 Å². The summed E-state index contributed by atoms with van der Waals surface area (Å²) in [6.45, 7) is 0. The maximum atomic E-state index is 8.52. The minimum Gasteiger partial charge on any atom is -0.759 e. The monoisotopic (exact) mass is 271 g/mol. The first-order valence-corrected chi connectivity index (χ1v) is 4.00. The largest absolute Gasteiger partial charge is 2.00 e. The van der Waals surface area contributed by atoms with E-state index in [1.54, 1.807) is 0 Å². The molecule has 0 fully saturated rings. The van der Waals surface area contributed by atoms with Crippen LogP contribution in [-0.4, -0.2) is 58.1 Å². The van der Waals surface area contributed by atoms with E-state index >= 15 is 0 Å². The molecule has 0 aliphatic carbocycles. The normalized spacial score (nSPS) is 9.67. The van der Waals surface area contributed by atoms with Gasteiger partial charge in [-0.1, -0.05) is 0 Å². The van der Waals surface area contributed by atoms with E-state index in [1.807, 2.05) is 0 Å². The summed E-state index contributed by atoms with van der Waals surface area (Å²) in [4.78, 5) is 0. The third-order valence-corrected chi connectivity index (χ3v) is 0. The van der Waals surface area contributed by atoms with Crippen molar-refractivity contribution in [2.75, 3.05) is 0 Å². The van der Waals surface area contributed by atoms with E-state index in [4.69, 9.17) is 35.0 Å². The fourth-order valence-corrected chi connectivity index (χ4v) is 0. The van der Waals surface area contributed by atoms with Crippen LogP contribution in [0, 0.1) is 0 Å². The van der Waals surface area contributed by atoms with Crippen LogP contribution in [-0.2, 0) is 37.9 Å². The van der Waals surface area contributed by atoms with Crippen LogP contribution >= 0.6 is 0 Å². The molecule has 12 heteroatoms. The Bertz CT molecular complexity index is 213. The Hall–Kier alpha value is 1.03. The first-order chi connectivity index (χ1) is 4.00. The molecule has 8 nitrogen and oxygen atoms in total. The molecule has 0 aromatic carbocycles. The topological polar surface area (TPSA) is 161 Å². The van der Waals surface area contributed by atoms with Crippen LogP contribution in [0.1, 0.15) is 0 Å². The number of hydrogen-bond donors (Lipinski definition) is 0. The summed E-state index contributed by atoms with van der Waals surface area (Å²) in [6.07, 6.45) is 0. The zero-order chi connectivity index (χ0) is 9.00. The van der Waals surface area contributed by atoms with Crippen molar-refractivity contribution in [3.05, 3.63) is 0 Å². The quantitative estimate of drug-likeness (QED) is 0.255. The summed E-state index contributed by atoms with van der Waals surface area (Å²) < 4.78 is 68.2. The van der Waals surface area contributed by atoms with Gasteiger partial charge in [0.15, 0.2) is 0 Å². The average Bonchev–Trinajstić information content (AvgIpc) is 1.12. The van der Waals surface area contributed by atoms with Gasteiger partial charge in [0.2, 0.25) is 0 Å². The van der Waals surface area contributed by atoms with Crippen molar-refractivity contribution in [3.8, 4) is 0 Å². The van der Waals surface area contributed by atoms with Crippen molar-refractivity contribution in [2.24, 2.45) is 0 Å². The van der Waals surface area contributed by atoms with Gasteiger partial charge in [0, 0.05) is 20.8 Å². The maximum absolute atomic E-state index is 8.52.